The maximum atomic E-state index is 11.9. The van der Waals surface area contributed by atoms with Gasteiger partial charge < -0.3 is 4.74 Å². The Morgan fingerprint density at radius 2 is 1.81 bits per heavy atom. The van der Waals surface area contributed by atoms with E-state index in [-0.39, 0.29) is 5.12 Å². The molecule has 0 saturated heterocycles. The highest BCUT2D eigenvalue weighted by Crippen LogP contribution is 2.38. The van der Waals surface area contributed by atoms with E-state index in [2.05, 4.69) is 0 Å². The van der Waals surface area contributed by atoms with Crippen molar-refractivity contribution in [3.05, 3.63) is 29.8 Å². The van der Waals surface area contributed by atoms with Gasteiger partial charge in [0.1, 0.15) is 10.5 Å². The number of carbonyl (C=O) groups is 1. The van der Waals surface area contributed by atoms with E-state index in [1.165, 1.54) is 11.8 Å². The molecule has 16 heavy (non-hydrogen) atoms. The second-order valence-corrected chi connectivity index (χ2v) is 5.46. The quantitative estimate of drug-likeness (QED) is 0.826. The SMILES string of the molecule is COc1ccc([C@@](C)(SC)C(=O)SC)cc1. The second-order valence-electron chi connectivity index (χ2n) is 3.46. The molecule has 0 saturated carbocycles. The molecule has 0 amide bonds. The molecule has 0 radical (unpaired) electrons. The van der Waals surface area contributed by atoms with E-state index >= 15 is 0 Å². The number of methoxy groups -OCH3 is 1. The third-order valence-electron chi connectivity index (χ3n) is 2.62. The van der Waals surface area contributed by atoms with Crippen molar-refractivity contribution in [1.29, 1.82) is 0 Å². The van der Waals surface area contributed by atoms with Gasteiger partial charge in [-0.25, -0.2) is 0 Å². The third-order valence-corrected chi connectivity index (χ3v) is 4.77. The molecule has 0 aliphatic heterocycles. The fourth-order valence-electron chi connectivity index (χ4n) is 1.42. The normalized spacial score (nSPS) is 14.2. The highest BCUT2D eigenvalue weighted by molar-refractivity contribution is 8.15. The van der Waals surface area contributed by atoms with Crippen LogP contribution in [0.25, 0.3) is 0 Å². The summed E-state index contributed by atoms with van der Waals surface area (Å²) in [5.74, 6) is 0.809. The topological polar surface area (TPSA) is 26.3 Å². The summed E-state index contributed by atoms with van der Waals surface area (Å²) < 4.78 is 4.62. The second kappa shape index (κ2) is 5.64. The summed E-state index contributed by atoms with van der Waals surface area (Å²) in [4.78, 5) is 11.9. The highest BCUT2D eigenvalue weighted by Gasteiger charge is 2.33. The van der Waals surface area contributed by atoms with Crippen molar-refractivity contribution in [2.24, 2.45) is 0 Å². The average molecular weight is 256 g/mol. The van der Waals surface area contributed by atoms with Crippen LogP contribution in [0.1, 0.15) is 12.5 Å². The van der Waals surface area contributed by atoms with Gasteiger partial charge in [0.2, 0.25) is 5.12 Å². The van der Waals surface area contributed by atoms with Crippen LogP contribution < -0.4 is 4.74 Å². The molecule has 0 aliphatic rings. The molecule has 0 unspecified atom stereocenters. The first-order chi connectivity index (χ1) is 7.58. The van der Waals surface area contributed by atoms with Crippen molar-refractivity contribution in [2.75, 3.05) is 19.6 Å². The molecular formula is C12H16O2S2. The predicted molar refractivity (Wildman–Crippen MR) is 72.4 cm³/mol. The molecule has 88 valence electrons. The van der Waals surface area contributed by atoms with Crippen LogP contribution >= 0.6 is 23.5 Å². The average Bonchev–Trinajstić information content (AvgIpc) is 2.36. The molecule has 0 bridgehead atoms. The smallest absolute Gasteiger partial charge is 0.208 e. The molecule has 0 N–H and O–H groups in total. The zero-order chi connectivity index (χ0) is 12.2. The maximum Gasteiger partial charge on any atom is 0.208 e. The van der Waals surface area contributed by atoms with E-state index in [9.17, 15) is 4.79 Å². The molecule has 0 heterocycles. The Morgan fingerprint density at radius 1 is 1.25 bits per heavy atom. The van der Waals surface area contributed by atoms with E-state index in [1.54, 1.807) is 18.9 Å². The molecule has 1 atom stereocenters. The van der Waals surface area contributed by atoms with Gasteiger partial charge in [-0.3, -0.25) is 4.79 Å². The Bertz CT molecular complexity index is 362. The third kappa shape index (κ3) is 2.55. The van der Waals surface area contributed by atoms with E-state index in [0.717, 1.165) is 11.3 Å². The largest absolute Gasteiger partial charge is 0.497 e. The number of rotatable bonds is 4. The molecule has 4 heteroatoms. The lowest BCUT2D eigenvalue weighted by atomic mass is 10.0. The minimum absolute atomic E-state index is 0.171. The van der Waals surface area contributed by atoms with Crippen molar-refractivity contribution >= 4 is 28.6 Å². The molecule has 1 aromatic carbocycles. The van der Waals surface area contributed by atoms with Crippen LogP contribution in [0, 0.1) is 0 Å². The van der Waals surface area contributed by atoms with Gasteiger partial charge >= 0.3 is 0 Å². The summed E-state index contributed by atoms with van der Waals surface area (Å²) in [5.41, 5.74) is 1.01. The van der Waals surface area contributed by atoms with Crippen LogP contribution in [0.3, 0.4) is 0 Å². The van der Waals surface area contributed by atoms with Crippen molar-refractivity contribution in [3.8, 4) is 5.75 Å². The molecule has 0 aromatic heterocycles. The van der Waals surface area contributed by atoms with E-state index in [4.69, 9.17) is 4.74 Å². The summed E-state index contributed by atoms with van der Waals surface area (Å²) >= 11 is 2.83. The van der Waals surface area contributed by atoms with Crippen LogP contribution in [0.15, 0.2) is 24.3 Å². The summed E-state index contributed by atoms with van der Waals surface area (Å²) in [6, 6.07) is 7.67. The minimum atomic E-state index is -0.480. The fraction of sp³-hybridized carbons (Fsp3) is 0.417. The van der Waals surface area contributed by atoms with Crippen LogP contribution in [0.2, 0.25) is 0 Å². The van der Waals surface area contributed by atoms with E-state index < -0.39 is 4.75 Å². The first-order valence-corrected chi connectivity index (χ1v) is 7.31. The lowest BCUT2D eigenvalue weighted by Gasteiger charge is -2.25. The number of hydrogen-bond acceptors (Lipinski definition) is 4. The number of thioether (sulfide) groups is 2. The zero-order valence-corrected chi connectivity index (χ0v) is 11.6. The lowest BCUT2D eigenvalue weighted by molar-refractivity contribution is -0.112. The van der Waals surface area contributed by atoms with Crippen LogP contribution in [-0.4, -0.2) is 24.7 Å². The first kappa shape index (κ1) is 13.5. The van der Waals surface area contributed by atoms with Crippen LogP contribution in [0.5, 0.6) is 5.75 Å². The molecule has 1 rings (SSSR count). The van der Waals surface area contributed by atoms with Crippen LogP contribution in [0.4, 0.5) is 0 Å². The van der Waals surface area contributed by atoms with Gasteiger partial charge in [0.05, 0.1) is 7.11 Å². The number of ether oxygens (including phenoxy) is 1. The molecule has 0 spiro atoms. The number of benzene rings is 1. The summed E-state index contributed by atoms with van der Waals surface area (Å²) in [7, 11) is 1.63. The Kier molecular flexibility index (Phi) is 4.74. The van der Waals surface area contributed by atoms with Gasteiger partial charge in [0, 0.05) is 0 Å². The molecular weight excluding hydrogens is 240 g/mol. The number of carbonyl (C=O) groups excluding carboxylic acids is 1. The predicted octanol–water partition coefficient (Wildman–Crippen LogP) is 3.16. The molecule has 1 aromatic rings. The first-order valence-electron chi connectivity index (χ1n) is 4.86. The maximum absolute atomic E-state index is 11.9. The van der Waals surface area contributed by atoms with Gasteiger partial charge in [0.25, 0.3) is 0 Å². The van der Waals surface area contributed by atoms with Crippen molar-refractivity contribution in [3.63, 3.8) is 0 Å². The van der Waals surface area contributed by atoms with E-state index in [0.29, 0.717) is 0 Å². The van der Waals surface area contributed by atoms with Crippen molar-refractivity contribution < 1.29 is 9.53 Å². The van der Waals surface area contributed by atoms with Gasteiger partial charge in [-0.1, -0.05) is 23.9 Å². The zero-order valence-electron chi connectivity index (χ0n) is 9.94. The Hall–Kier alpha value is -0.610. The fourth-order valence-corrected chi connectivity index (χ4v) is 2.97. The molecule has 0 aliphatic carbocycles. The van der Waals surface area contributed by atoms with E-state index in [1.807, 2.05) is 43.7 Å². The molecule has 0 fully saturated rings. The van der Waals surface area contributed by atoms with Gasteiger partial charge in [0.15, 0.2) is 0 Å². The van der Waals surface area contributed by atoms with Crippen molar-refractivity contribution in [2.45, 2.75) is 11.7 Å². The Balaban J connectivity index is 3.07. The Morgan fingerprint density at radius 3 is 2.19 bits per heavy atom. The number of hydrogen-bond donors (Lipinski definition) is 0. The summed E-state index contributed by atoms with van der Waals surface area (Å²) in [5, 5.41) is 0.171. The summed E-state index contributed by atoms with van der Waals surface area (Å²) in [6.45, 7) is 1.96. The molecule has 2 nitrogen and oxygen atoms in total. The van der Waals surface area contributed by atoms with Crippen molar-refractivity contribution in [1.82, 2.24) is 0 Å². The lowest BCUT2D eigenvalue weighted by Crippen LogP contribution is -2.25. The van der Waals surface area contributed by atoms with Crippen LogP contribution in [-0.2, 0) is 9.54 Å². The standard InChI is InChI=1S/C12H16O2S2/c1-12(16-4,11(13)15-3)9-5-7-10(14-2)8-6-9/h5-8H,1-4H3/t12-/m1/s1. The summed E-state index contributed by atoms with van der Waals surface area (Å²) in [6.07, 6.45) is 3.78. The van der Waals surface area contributed by atoms with Gasteiger partial charge in [-0.2, -0.15) is 0 Å². The van der Waals surface area contributed by atoms with Gasteiger partial charge in [-0.05, 0) is 37.1 Å². The Labute approximate surface area is 105 Å². The highest BCUT2D eigenvalue weighted by atomic mass is 32.2. The minimum Gasteiger partial charge on any atom is -0.497 e. The van der Waals surface area contributed by atoms with Gasteiger partial charge in [-0.15, -0.1) is 11.8 Å². The monoisotopic (exact) mass is 256 g/mol.